The van der Waals surface area contributed by atoms with E-state index in [0.717, 1.165) is 17.6 Å². The number of ether oxygens (including phenoxy) is 1. The van der Waals surface area contributed by atoms with E-state index in [2.05, 4.69) is 37.4 Å². The highest BCUT2D eigenvalue weighted by atomic mass is 16.5. The van der Waals surface area contributed by atoms with Gasteiger partial charge in [-0.2, -0.15) is 0 Å². The quantitative estimate of drug-likeness (QED) is 0.768. The van der Waals surface area contributed by atoms with E-state index in [1.807, 2.05) is 0 Å². The van der Waals surface area contributed by atoms with Crippen LogP contribution in [-0.4, -0.2) is 20.2 Å². The van der Waals surface area contributed by atoms with Crippen LogP contribution in [0.15, 0.2) is 18.2 Å². The van der Waals surface area contributed by atoms with E-state index in [1.54, 1.807) is 18.2 Å². The minimum atomic E-state index is 0.345. The van der Waals surface area contributed by atoms with Crippen molar-refractivity contribution in [1.82, 2.24) is 5.32 Å². The van der Waals surface area contributed by atoms with E-state index in [0.29, 0.717) is 5.41 Å². The van der Waals surface area contributed by atoms with Crippen molar-refractivity contribution in [1.29, 1.82) is 0 Å². The van der Waals surface area contributed by atoms with Gasteiger partial charge in [-0.05, 0) is 79.3 Å². The van der Waals surface area contributed by atoms with Gasteiger partial charge in [-0.3, -0.25) is 0 Å². The highest BCUT2D eigenvalue weighted by molar-refractivity contribution is 5.43. The molecule has 2 nitrogen and oxygen atoms in total. The fourth-order valence-corrected chi connectivity index (χ4v) is 5.07. The minimum Gasteiger partial charge on any atom is -0.497 e. The van der Waals surface area contributed by atoms with Crippen molar-refractivity contribution in [3.63, 3.8) is 0 Å². The molecule has 0 heterocycles. The monoisotopic (exact) mass is 315 g/mol. The fourth-order valence-electron chi connectivity index (χ4n) is 5.07. The summed E-state index contributed by atoms with van der Waals surface area (Å²) in [5.41, 5.74) is 3.48. The Labute approximate surface area is 142 Å². The predicted molar refractivity (Wildman–Crippen MR) is 97.3 cm³/mol. The fraction of sp³-hybridized carbons (Fsp3) is 0.714. The van der Waals surface area contributed by atoms with E-state index in [-0.39, 0.29) is 0 Å². The van der Waals surface area contributed by atoms with Crippen LogP contribution in [0.2, 0.25) is 0 Å². The zero-order valence-electron chi connectivity index (χ0n) is 15.2. The van der Waals surface area contributed by atoms with E-state index in [9.17, 15) is 0 Å². The highest BCUT2D eigenvalue weighted by Gasteiger charge is 2.46. The molecule has 2 aliphatic rings. The van der Waals surface area contributed by atoms with Gasteiger partial charge >= 0.3 is 0 Å². The lowest BCUT2D eigenvalue weighted by atomic mass is 9.54. The summed E-state index contributed by atoms with van der Waals surface area (Å²) in [5.74, 6) is 2.64. The van der Waals surface area contributed by atoms with E-state index in [1.165, 1.54) is 58.0 Å². The second-order valence-corrected chi connectivity index (χ2v) is 7.81. The Morgan fingerprint density at radius 1 is 1.30 bits per heavy atom. The van der Waals surface area contributed by atoms with Gasteiger partial charge in [0, 0.05) is 0 Å². The van der Waals surface area contributed by atoms with Gasteiger partial charge in [0.2, 0.25) is 0 Å². The topological polar surface area (TPSA) is 21.3 Å². The summed E-state index contributed by atoms with van der Waals surface area (Å²) in [7, 11) is 1.78. The summed E-state index contributed by atoms with van der Waals surface area (Å²) in [4.78, 5) is 0. The Morgan fingerprint density at radius 2 is 2.17 bits per heavy atom. The lowest BCUT2D eigenvalue weighted by Crippen LogP contribution is -2.47. The molecule has 0 saturated heterocycles. The second kappa shape index (κ2) is 7.25. The zero-order valence-corrected chi connectivity index (χ0v) is 15.2. The molecule has 128 valence electrons. The third-order valence-corrected chi connectivity index (χ3v) is 6.38. The Balaban J connectivity index is 1.85. The number of unbranched alkanes of at least 4 members (excludes halogenated alkanes) is 1. The lowest BCUT2D eigenvalue weighted by Gasteiger charge is -2.50. The van der Waals surface area contributed by atoms with E-state index < -0.39 is 0 Å². The van der Waals surface area contributed by atoms with Crippen molar-refractivity contribution in [3.8, 4) is 5.75 Å². The van der Waals surface area contributed by atoms with Gasteiger partial charge in [0.15, 0.2) is 0 Å². The molecule has 3 atom stereocenters. The van der Waals surface area contributed by atoms with Crippen LogP contribution in [0.5, 0.6) is 5.75 Å². The SMILES string of the molecule is CCCCNC[C@H]1Cc2ccc(OC)cc2[C@@]2(C)CCCC[C@@H]12. The Morgan fingerprint density at radius 3 is 2.96 bits per heavy atom. The van der Waals surface area contributed by atoms with Crippen LogP contribution in [0.25, 0.3) is 0 Å². The molecule has 0 spiro atoms. The summed E-state index contributed by atoms with van der Waals surface area (Å²) >= 11 is 0. The summed E-state index contributed by atoms with van der Waals surface area (Å²) in [6, 6.07) is 6.80. The normalized spacial score (nSPS) is 29.7. The summed E-state index contributed by atoms with van der Waals surface area (Å²) < 4.78 is 5.51. The van der Waals surface area contributed by atoms with Crippen molar-refractivity contribution in [2.24, 2.45) is 11.8 Å². The smallest absolute Gasteiger partial charge is 0.119 e. The first-order chi connectivity index (χ1) is 11.2. The van der Waals surface area contributed by atoms with Crippen LogP contribution in [0.1, 0.15) is 63.5 Å². The average molecular weight is 316 g/mol. The van der Waals surface area contributed by atoms with Crippen molar-refractivity contribution < 1.29 is 4.74 Å². The van der Waals surface area contributed by atoms with Crippen LogP contribution in [0.3, 0.4) is 0 Å². The molecule has 2 heteroatoms. The standard InChI is InChI=1S/C21H33NO/c1-4-5-12-22-15-17-13-16-9-10-18(23-3)14-20(16)21(2)11-7-6-8-19(17)21/h9-10,14,17,19,22H,4-8,11-13,15H2,1-3H3/t17-,19+,21+/m1/s1. The molecule has 1 N–H and O–H groups in total. The molecular formula is C21H33NO. The minimum absolute atomic E-state index is 0.345. The van der Waals surface area contributed by atoms with Crippen molar-refractivity contribution in [2.45, 2.75) is 64.2 Å². The van der Waals surface area contributed by atoms with E-state index >= 15 is 0 Å². The van der Waals surface area contributed by atoms with Gasteiger partial charge in [0.1, 0.15) is 5.75 Å². The number of methoxy groups -OCH3 is 1. The number of hydrogen-bond donors (Lipinski definition) is 1. The first-order valence-electron chi connectivity index (χ1n) is 9.57. The number of benzene rings is 1. The second-order valence-electron chi connectivity index (χ2n) is 7.81. The molecule has 0 amide bonds. The number of fused-ring (bicyclic) bond motifs is 3. The van der Waals surface area contributed by atoms with Gasteiger partial charge in [-0.15, -0.1) is 0 Å². The molecule has 0 bridgehead atoms. The van der Waals surface area contributed by atoms with Gasteiger partial charge in [0.25, 0.3) is 0 Å². The zero-order chi connectivity index (χ0) is 16.3. The summed E-state index contributed by atoms with van der Waals surface area (Å²) in [6.45, 7) is 7.15. The Kier molecular flexibility index (Phi) is 5.31. The average Bonchev–Trinajstić information content (AvgIpc) is 2.58. The molecular weight excluding hydrogens is 282 g/mol. The van der Waals surface area contributed by atoms with Crippen LogP contribution in [-0.2, 0) is 11.8 Å². The molecule has 2 aliphatic carbocycles. The molecule has 0 radical (unpaired) electrons. The maximum absolute atomic E-state index is 5.51. The maximum atomic E-state index is 5.51. The van der Waals surface area contributed by atoms with Crippen LogP contribution in [0.4, 0.5) is 0 Å². The molecule has 1 aromatic carbocycles. The third kappa shape index (κ3) is 3.28. The molecule has 0 aromatic heterocycles. The molecule has 1 aromatic rings. The van der Waals surface area contributed by atoms with Crippen molar-refractivity contribution >= 4 is 0 Å². The first kappa shape index (κ1) is 16.8. The van der Waals surface area contributed by atoms with Crippen molar-refractivity contribution in [3.05, 3.63) is 29.3 Å². The Bertz CT molecular complexity index is 527. The van der Waals surface area contributed by atoms with Gasteiger partial charge in [0.05, 0.1) is 7.11 Å². The summed E-state index contributed by atoms with van der Waals surface area (Å²) in [6.07, 6.45) is 9.32. The molecule has 0 unspecified atom stereocenters. The highest BCUT2D eigenvalue weighted by Crippen LogP contribution is 2.52. The molecule has 3 rings (SSSR count). The van der Waals surface area contributed by atoms with Crippen LogP contribution < -0.4 is 10.1 Å². The predicted octanol–water partition coefficient (Wildman–Crippen LogP) is 4.71. The lowest BCUT2D eigenvalue weighted by molar-refractivity contribution is 0.115. The van der Waals surface area contributed by atoms with Gasteiger partial charge in [-0.25, -0.2) is 0 Å². The number of hydrogen-bond acceptors (Lipinski definition) is 2. The number of nitrogens with one attached hydrogen (secondary N) is 1. The van der Waals surface area contributed by atoms with Crippen LogP contribution in [0, 0.1) is 11.8 Å². The largest absolute Gasteiger partial charge is 0.497 e. The van der Waals surface area contributed by atoms with E-state index in [4.69, 9.17) is 4.74 Å². The van der Waals surface area contributed by atoms with Crippen molar-refractivity contribution in [2.75, 3.05) is 20.2 Å². The first-order valence-corrected chi connectivity index (χ1v) is 9.57. The maximum Gasteiger partial charge on any atom is 0.119 e. The van der Waals surface area contributed by atoms with Gasteiger partial charge < -0.3 is 10.1 Å². The third-order valence-electron chi connectivity index (χ3n) is 6.38. The van der Waals surface area contributed by atoms with Gasteiger partial charge in [-0.1, -0.05) is 39.2 Å². The number of rotatable bonds is 6. The van der Waals surface area contributed by atoms with Crippen LogP contribution >= 0.6 is 0 Å². The Hall–Kier alpha value is -1.02. The molecule has 1 fully saturated rings. The molecule has 0 aliphatic heterocycles. The summed E-state index contributed by atoms with van der Waals surface area (Å²) in [5, 5.41) is 3.73. The molecule has 1 saturated carbocycles. The molecule has 23 heavy (non-hydrogen) atoms.